The van der Waals surface area contributed by atoms with Crippen molar-refractivity contribution >= 4 is 29.2 Å². The Morgan fingerprint density at radius 3 is 2.62 bits per heavy atom. The summed E-state index contributed by atoms with van der Waals surface area (Å²) in [4.78, 5) is 48.4. The molecule has 0 bridgehead atoms. The Labute approximate surface area is 234 Å². The van der Waals surface area contributed by atoms with E-state index in [2.05, 4.69) is 34.4 Å². The number of benzene rings is 2. The zero-order valence-electron chi connectivity index (χ0n) is 23.2. The number of rotatable bonds is 6. The highest BCUT2D eigenvalue weighted by Crippen LogP contribution is 2.47. The molecule has 3 aromatic rings. The van der Waals surface area contributed by atoms with E-state index < -0.39 is 5.41 Å². The Bertz CT molecular complexity index is 1470. The monoisotopic (exact) mass is 537 g/mol. The maximum absolute atomic E-state index is 13.7. The van der Waals surface area contributed by atoms with Crippen LogP contribution in [0.25, 0.3) is 0 Å². The van der Waals surface area contributed by atoms with Gasteiger partial charge in [0.15, 0.2) is 0 Å². The molecule has 1 spiro atoms. The van der Waals surface area contributed by atoms with Crippen molar-refractivity contribution in [2.45, 2.75) is 50.6 Å². The lowest BCUT2D eigenvalue weighted by molar-refractivity contribution is -0.148. The van der Waals surface area contributed by atoms with Gasteiger partial charge in [0.05, 0.1) is 17.5 Å². The molecule has 6 rings (SSSR count). The van der Waals surface area contributed by atoms with E-state index in [1.54, 1.807) is 11.1 Å². The van der Waals surface area contributed by atoms with Gasteiger partial charge < -0.3 is 15.5 Å². The topological polar surface area (TPSA) is 94.6 Å². The molecular weight excluding hydrogens is 502 g/mol. The average molecular weight is 538 g/mol. The van der Waals surface area contributed by atoms with E-state index in [9.17, 15) is 14.4 Å². The molecule has 1 aliphatic carbocycles. The van der Waals surface area contributed by atoms with Gasteiger partial charge in [-0.1, -0.05) is 56.3 Å². The molecule has 8 nitrogen and oxygen atoms in total. The highest BCUT2D eigenvalue weighted by molar-refractivity contribution is 6.06. The van der Waals surface area contributed by atoms with Crippen molar-refractivity contribution in [3.05, 3.63) is 89.1 Å². The van der Waals surface area contributed by atoms with Gasteiger partial charge in [-0.05, 0) is 67.1 Å². The standard InChI is InChI=1S/C32H35N5O3/c1-20(2)14-26-30(39)37(27(18-36(26)3)21-8-5-4-6-9-21)19-28(38)34-24-12-11-22-16-32(17-23(22)15-24)25-10-7-13-33-29(25)35-31(32)40/h4-13,15,20,26-27H,14,16-19H2,1-3H3,(H,34,38)(H,33,35,40)/t26-,27+,32-/m1/s1. The van der Waals surface area contributed by atoms with Crippen LogP contribution in [0.15, 0.2) is 66.9 Å². The molecule has 2 aromatic carbocycles. The van der Waals surface area contributed by atoms with E-state index in [0.29, 0.717) is 36.8 Å². The summed E-state index contributed by atoms with van der Waals surface area (Å²) in [6.45, 7) is 4.87. The summed E-state index contributed by atoms with van der Waals surface area (Å²) in [5, 5.41) is 5.97. The minimum absolute atomic E-state index is 0.0122. The first kappa shape index (κ1) is 26.2. The fourth-order valence-corrected chi connectivity index (χ4v) is 6.61. The van der Waals surface area contributed by atoms with Crippen LogP contribution in [-0.2, 0) is 32.6 Å². The molecule has 40 heavy (non-hydrogen) atoms. The quantitative estimate of drug-likeness (QED) is 0.497. The molecule has 3 amide bonds. The Balaban J connectivity index is 1.21. The molecule has 2 aliphatic heterocycles. The van der Waals surface area contributed by atoms with Crippen molar-refractivity contribution in [1.82, 2.24) is 14.8 Å². The smallest absolute Gasteiger partial charge is 0.244 e. The van der Waals surface area contributed by atoms with Crippen LogP contribution in [0.5, 0.6) is 0 Å². The number of pyridine rings is 1. The van der Waals surface area contributed by atoms with Crippen LogP contribution in [-0.4, -0.2) is 58.7 Å². The molecule has 3 atom stereocenters. The molecule has 1 fully saturated rings. The lowest BCUT2D eigenvalue weighted by Crippen LogP contribution is -2.58. The third-order valence-electron chi connectivity index (χ3n) is 8.59. The molecule has 0 saturated carbocycles. The van der Waals surface area contributed by atoms with E-state index in [1.807, 2.05) is 67.7 Å². The van der Waals surface area contributed by atoms with Gasteiger partial charge in [0.2, 0.25) is 17.7 Å². The highest BCUT2D eigenvalue weighted by atomic mass is 16.2. The Hall–Kier alpha value is -4.04. The minimum atomic E-state index is -0.658. The molecule has 0 unspecified atom stereocenters. The van der Waals surface area contributed by atoms with Gasteiger partial charge in [-0.3, -0.25) is 19.3 Å². The van der Waals surface area contributed by atoms with E-state index in [-0.39, 0.29) is 36.3 Å². The Morgan fingerprint density at radius 1 is 1.07 bits per heavy atom. The van der Waals surface area contributed by atoms with Gasteiger partial charge in [-0.2, -0.15) is 0 Å². The third kappa shape index (κ3) is 4.56. The Kier molecular flexibility index (Phi) is 6.66. The number of aromatic nitrogens is 1. The molecule has 8 heteroatoms. The number of amides is 3. The summed E-state index contributed by atoms with van der Waals surface area (Å²) >= 11 is 0. The number of anilines is 2. The predicted molar refractivity (Wildman–Crippen MR) is 154 cm³/mol. The van der Waals surface area contributed by atoms with E-state index in [0.717, 1.165) is 28.7 Å². The second-order valence-electron chi connectivity index (χ2n) is 11.8. The van der Waals surface area contributed by atoms with Crippen molar-refractivity contribution < 1.29 is 14.4 Å². The summed E-state index contributed by atoms with van der Waals surface area (Å²) in [7, 11) is 1.99. The van der Waals surface area contributed by atoms with Crippen LogP contribution >= 0.6 is 0 Å². The first-order chi connectivity index (χ1) is 19.2. The maximum atomic E-state index is 13.7. The number of carbonyl (C=O) groups is 3. The summed E-state index contributed by atoms with van der Waals surface area (Å²) in [6.07, 6.45) is 3.59. The SMILES string of the molecule is CC(C)C[C@@H]1C(=O)N(CC(=O)Nc2ccc3c(c2)C[C@@]2(C3)C(=O)Nc3ncccc32)[C@H](c2ccccc2)CN1C. The minimum Gasteiger partial charge on any atom is -0.325 e. The average Bonchev–Trinajstić information content (AvgIpc) is 3.45. The van der Waals surface area contributed by atoms with Crippen LogP contribution in [0.3, 0.4) is 0 Å². The summed E-state index contributed by atoms with van der Waals surface area (Å²) in [5.41, 5.74) is 4.10. The van der Waals surface area contributed by atoms with Crippen LogP contribution in [0, 0.1) is 5.92 Å². The largest absolute Gasteiger partial charge is 0.325 e. The van der Waals surface area contributed by atoms with Gasteiger partial charge in [0.25, 0.3) is 0 Å². The van der Waals surface area contributed by atoms with Crippen LogP contribution in [0.2, 0.25) is 0 Å². The molecule has 3 aliphatic rings. The fraction of sp³-hybridized carbons (Fsp3) is 0.375. The molecule has 206 valence electrons. The third-order valence-corrected chi connectivity index (χ3v) is 8.59. The highest BCUT2D eigenvalue weighted by Gasteiger charge is 2.51. The number of fused-ring (bicyclic) bond motifs is 3. The van der Waals surface area contributed by atoms with Gasteiger partial charge in [0.1, 0.15) is 12.4 Å². The second-order valence-corrected chi connectivity index (χ2v) is 11.8. The van der Waals surface area contributed by atoms with Gasteiger partial charge in [-0.15, -0.1) is 0 Å². The summed E-state index contributed by atoms with van der Waals surface area (Å²) in [5.74, 6) is 0.721. The van der Waals surface area contributed by atoms with Crippen molar-refractivity contribution in [1.29, 1.82) is 0 Å². The van der Waals surface area contributed by atoms with Gasteiger partial charge >= 0.3 is 0 Å². The van der Waals surface area contributed by atoms with Crippen LogP contribution in [0.4, 0.5) is 11.5 Å². The van der Waals surface area contributed by atoms with Crippen molar-refractivity contribution in [2.75, 3.05) is 30.8 Å². The van der Waals surface area contributed by atoms with Crippen molar-refractivity contribution in [3.63, 3.8) is 0 Å². The number of carbonyl (C=O) groups excluding carboxylic acids is 3. The number of hydrogen-bond donors (Lipinski definition) is 2. The van der Waals surface area contributed by atoms with Crippen molar-refractivity contribution in [3.8, 4) is 0 Å². The molecular formula is C32H35N5O3. The van der Waals surface area contributed by atoms with E-state index in [1.165, 1.54) is 0 Å². The Morgan fingerprint density at radius 2 is 1.85 bits per heavy atom. The molecule has 1 aromatic heterocycles. The fourth-order valence-electron chi connectivity index (χ4n) is 6.61. The van der Waals surface area contributed by atoms with E-state index in [4.69, 9.17) is 0 Å². The molecule has 1 saturated heterocycles. The van der Waals surface area contributed by atoms with Gasteiger partial charge in [0, 0.05) is 24.0 Å². The maximum Gasteiger partial charge on any atom is 0.244 e. The first-order valence-electron chi connectivity index (χ1n) is 14.0. The first-order valence-corrected chi connectivity index (χ1v) is 14.0. The zero-order valence-corrected chi connectivity index (χ0v) is 23.2. The molecule has 0 radical (unpaired) electrons. The van der Waals surface area contributed by atoms with Crippen molar-refractivity contribution in [2.24, 2.45) is 5.92 Å². The van der Waals surface area contributed by atoms with Crippen LogP contribution < -0.4 is 10.6 Å². The zero-order chi connectivity index (χ0) is 28.0. The summed E-state index contributed by atoms with van der Waals surface area (Å²) < 4.78 is 0. The summed E-state index contributed by atoms with van der Waals surface area (Å²) in [6, 6.07) is 19.1. The number of nitrogens with one attached hydrogen (secondary N) is 2. The lowest BCUT2D eigenvalue weighted by Gasteiger charge is -2.44. The van der Waals surface area contributed by atoms with Crippen LogP contribution in [0.1, 0.15) is 48.6 Å². The predicted octanol–water partition coefficient (Wildman–Crippen LogP) is 3.94. The second kappa shape index (κ2) is 10.2. The normalized spacial score (nSPS) is 23.9. The molecule has 2 N–H and O–H groups in total. The number of piperazine rings is 1. The lowest BCUT2D eigenvalue weighted by atomic mass is 9.79. The number of nitrogens with zero attached hydrogens (tertiary/aromatic N) is 3. The molecule has 3 heterocycles. The number of likely N-dealkylation sites (N-methyl/N-ethyl adjacent to an activating group) is 1. The number of hydrogen-bond acceptors (Lipinski definition) is 5. The van der Waals surface area contributed by atoms with Gasteiger partial charge in [-0.25, -0.2) is 4.98 Å². The van der Waals surface area contributed by atoms with E-state index >= 15 is 0 Å².